The van der Waals surface area contributed by atoms with Gasteiger partial charge in [0.2, 0.25) is 5.91 Å². The third-order valence-corrected chi connectivity index (χ3v) is 2.74. The monoisotopic (exact) mass is 220 g/mol. The molecule has 0 spiro atoms. The van der Waals surface area contributed by atoms with E-state index in [2.05, 4.69) is 5.32 Å². The van der Waals surface area contributed by atoms with E-state index in [4.69, 9.17) is 5.73 Å². The molecule has 0 aliphatic heterocycles. The number of rotatable bonds is 4. The van der Waals surface area contributed by atoms with E-state index in [0.717, 1.165) is 5.56 Å². The SMILES string of the molecule is Cc1ccc(C(C)NC(=O)C(C)CN)cc1. The maximum Gasteiger partial charge on any atom is 0.224 e. The van der Waals surface area contributed by atoms with Gasteiger partial charge in [0.05, 0.1) is 6.04 Å². The molecular formula is C13H20N2O. The first-order valence-corrected chi connectivity index (χ1v) is 5.61. The first-order valence-electron chi connectivity index (χ1n) is 5.61. The zero-order valence-electron chi connectivity index (χ0n) is 10.2. The molecule has 0 aliphatic carbocycles. The summed E-state index contributed by atoms with van der Waals surface area (Å²) in [6, 6.07) is 8.19. The van der Waals surface area contributed by atoms with E-state index in [1.807, 2.05) is 45.0 Å². The van der Waals surface area contributed by atoms with Crippen molar-refractivity contribution in [2.75, 3.05) is 6.54 Å². The molecule has 16 heavy (non-hydrogen) atoms. The van der Waals surface area contributed by atoms with Gasteiger partial charge in [-0.3, -0.25) is 4.79 Å². The van der Waals surface area contributed by atoms with Gasteiger partial charge < -0.3 is 11.1 Å². The number of nitrogens with two attached hydrogens (primary N) is 1. The van der Waals surface area contributed by atoms with Crippen LogP contribution in [-0.2, 0) is 4.79 Å². The van der Waals surface area contributed by atoms with Crippen molar-refractivity contribution in [1.82, 2.24) is 5.32 Å². The Balaban J connectivity index is 2.62. The highest BCUT2D eigenvalue weighted by Gasteiger charge is 2.14. The summed E-state index contributed by atoms with van der Waals surface area (Å²) in [5, 5.41) is 2.95. The predicted octanol–water partition coefficient (Wildman–Crippen LogP) is 1.77. The lowest BCUT2D eigenvalue weighted by atomic mass is 10.1. The summed E-state index contributed by atoms with van der Waals surface area (Å²) < 4.78 is 0. The molecule has 1 rings (SSSR count). The van der Waals surface area contributed by atoms with Crippen LogP contribution < -0.4 is 11.1 Å². The Morgan fingerprint density at radius 3 is 2.38 bits per heavy atom. The van der Waals surface area contributed by atoms with Crippen molar-refractivity contribution in [2.45, 2.75) is 26.8 Å². The van der Waals surface area contributed by atoms with Crippen LogP contribution in [0.25, 0.3) is 0 Å². The summed E-state index contributed by atoms with van der Waals surface area (Å²) in [5.41, 5.74) is 7.78. The van der Waals surface area contributed by atoms with E-state index >= 15 is 0 Å². The maximum atomic E-state index is 11.6. The van der Waals surface area contributed by atoms with Gasteiger partial charge in [-0.05, 0) is 19.4 Å². The number of benzene rings is 1. The van der Waals surface area contributed by atoms with Crippen molar-refractivity contribution in [1.29, 1.82) is 0 Å². The molecule has 0 bridgehead atoms. The molecule has 1 amide bonds. The summed E-state index contributed by atoms with van der Waals surface area (Å²) in [7, 11) is 0. The lowest BCUT2D eigenvalue weighted by Crippen LogP contribution is -2.34. The van der Waals surface area contributed by atoms with E-state index in [0.29, 0.717) is 6.54 Å². The van der Waals surface area contributed by atoms with Crippen LogP contribution in [0.4, 0.5) is 0 Å². The fourth-order valence-corrected chi connectivity index (χ4v) is 1.40. The van der Waals surface area contributed by atoms with Crippen molar-refractivity contribution in [3.8, 4) is 0 Å². The highest BCUT2D eigenvalue weighted by Crippen LogP contribution is 2.13. The molecular weight excluding hydrogens is 200 g/mol. The highest BCUT2D eigenvalue weighted by atomic mass is 16.1. The van der Waals surface area contributed by atoms with E-state index < -0.39 is 0 Å². The van der Waals surface area contributed by atoms with Crippen LogP contribution >= 0.6 is 0 Å². The van der Waals surface area contributed by atoms with Crippen LogP contribution in [0, 0.1) is 12.8 Å². The summed E-state index contributed by atoms with van der Waals surface area (Å²) >= 11 is 0. The number of hydrogen-bond donors (Lipinski definition) is 2. The van der Waals surface area contributed by atoms with Crippen LogP contribution in [0.2, 0.25) is 0 Å². The van der Waals surface area contributed by atoms with Crippen LogP contribution in [0.5, 0.6) is 0 Å². The van der Waals surface area contributed by atoms with Crippen molar-refractivity contribution in [3.63, 3.8) is 0 Å². The quantitative estimate of drug-likeness (QED) is 0.812. The predicted molar refractivity (Wildman–Crippen MR) is 66.0 cm³/mol. The number of hydrogen-bond acceptors (Lipinski definition) is 2. The van der Waals surface area contributed by atoms with Gasteiger partial charge in [0.15, 0.2) is 0 Å². The Labute approximate surface area is 97.0 Å². The Bertz CT molecular complexity index is 345. The molecule has 3 nitrogen and oxygen atoms in total. The molecule has 1 aromatic rings. The topological polar surface area (TPSA) is 55.1 Å². The number of amides is 1. The lowest BCUT2D eigenvalue weighted by molar-refractivity contribution is -0.124. The lowest BCUT2D eigenvalue weighted by Gasteiger charge is -2.17. The second-order valence-electron chi connectivity index (χ2n) is 4.28. The Kier molecular flexibility index (Phi) is 4.50. The molecule has 0 aliphatic rings. The van der Waals surface area contributed by atoms with Gasteiger partial charge in [-0.1, -0.05) is 36.8 Å². The number of carbonyl (C=O) groups is 1. The van der Waals surface area contributed by atoms with Crippen molar-refractivity contribution < 1.29 is 4.79 Å². The van der Waals surface area contributed by atoms with Gasteiger partial charge >= 0.3 is 0 Å². The van der Waals surface area contributed by atoms with Crippen molar-refractivity contribution >= 4 is 5.91 Å². The molecule has 0 heterocycles. The molecule has 2 unspecified atom stereocenters. The maximum absolute atomic E-state index is 11.6. The van der Waals surface area contributed by atoms with Gasteiger partial charge in [-0.15, -0.1) is 0 Å². The molecule has 0 aromatic heterocycles. The van der Waals surface area contributed by atoms with Crippen LogP contribution in [-0.4, -0.2) is 12.5 Å². The van der Waals surface area contributed by atoms with E-state index in [9.17, 15) is 4.79 Å². The third kappa shape index (κ3) is 3.35. The number of carbonyl (C=O) groups excluding carboxylic acids is 1. The molecule has 0 radical (unpaired) electrons. The van der Waals surface area contributed by atoms with Crippen molar-refractivity contribution in [2.24, 2.45) is 11.7 Å². The Morgan fingerprint density at radius 2 is 1.88 bits per heavy atom. The molecule has 0 fully saturated rings. The Morgan fingerprint density at radius 1 is 1.31 bits per heavy atom. The smallest absolute Gasteiger partial charge is 0.224 e. The van der Waals surface area contributed by atoms with Gasteiger partial charge in [0.25, 0.3) is 0 Å². The van der Waals surface area contributed by atoms with E-state index in [1.165, 1.54) is 5.56 Å². The minimum atomic E-state index is -0.132. The first-order chi connectivity index (χ1) is 7.54. The number of nitrogens with one attached hydrogen (secondary N) is 1. The van der Waals surface area contributed by atoms with Crippen LogP contribution in [0.15, 0.2) is 24.3 Å². The first kappa shape index (κ1) is 12.7. The van der Waals surface area contributed by atoms with Crippen LogP contribution in [0.3, 0.4) is 0 Å². The summed E-state index contributed by atoms with van der Waals surface area (Å²) in [6.45, 7) is 6.24. The zero-order valence-corrected chi connectivity index (χ0v) is 10.2. The fraction of sp³-hybridized carbons (Fsp3) is 0.462. The average Bonchev–Trinajstić information content (AvgIpc) is 2.28. The molecule has 3 N–H and O–H groups in total. The minimum Gasteiger partial charge on any atom is -0.349 e. The summed E-state index contributed by atoms with van der Waals surface area (Å²) in [4.78, 5) is 11.6. The minimum absolute atomic E-state index is 0.00979. The van der Waals surface area contributed by atoms with E-state index in [-0.39, 0.29) is 17.9 Å². The fourth-order valence-electron chi connectivity index (χ4n) is 1.40. The van der Waals surface area contributed by atoms with Gasteiger partial charge in [-0.25, -0.2) is 0 Å². The van der Waals surface area contributed by atoms with Gasteiger partial charge in [-0.2, -0.15) is 0 Å². The van der Waals surface area contributed by atoms with Crippen molar-refractivity contribution in [3.05, 3.63) is 35.4 Å². The molecule has 1 aromatic carbocycles. The van der Waals surface area contributed by atoms with Gasteiger partial charge in [0.1, 0.15) is 0 Å². The third-order valence-electron chi connectivity index (χ3n) is 2.74. The normalized spacial score (nSPS) is 14.2. The highest BCUT2D eigenvalue weighted by molar-refractivity contribution is 5.78. The molecule has 3 heteroatoms. The average molecular weight is 220 g/mol. The largest absolute Gasteiger partial charge is 0.349 e. The van der Waals surface area contributed by atoms with Crippen LogP contribution in [0.1, 0.15) is 31.0 Å². The number of aryl methyl sites for hydroxylation is 1. The van der Waals surface area contributed by atoms with Gasteiger partial charge in [0, 0.05) is 12.5 Å². The standard InChI is InChI=1S/C13H20N2O/c1-9-4-6-12(7-5-9)11(3)15-13(16)10(2)8-14/h4-7,10-11H,8,14H2,1-3H3,(H,15,16). The molecule has 0 saturated carbocycles. The van der Waals surface area contributed by atoms with E-state index in [1.54, 1.807) is 0 Å². The zero-order chi connectivity index (χ0) is 12.1. The molecule has 2 atom stereocenters. The second kappa shape index (κ2) is 5.66. The molecule has 88 valence electrons. The molecule has 0 saturated heterocycles. The summed E-state index contributed by atoms with van der Waals surface area (Å²) in [6.07, 6.45) is 0. The Hall–Kier alpha value is -1.35. The second-order valence-corrected chi connectivity index (χ2v) is 4.28. The summed E-state index contributed by atoms with van der Waals surface area (Å²) in [5.74, 6) is -0.122.